The van der Waals surface area contributed by atoms with Gasteiger partial charge < -0.3 is 9.30 Å². The van der Waals surface area contributed by atoms with Crippen molar-refractivity contribution in [2.24, 2.45) is 0 Å². The number of pyridine rings is 1. The van der Waals surface area contributed by atoms with E-state index in [1.54, 1.807) is 31.4 Å². The van der Waals surface area contributed by atoms with Gasteiger partial charge in [-0.05, 0) is 54.0 Å². The van der Waals surface area contributed by atoms with E-state index in [9.17, 15) is 26.4 Å². The van der Waals surface area contributed by atoms with Gasteiger partial charge in [0.25, 0.3) is 11.5 Å². The first-order chi connectivity index (χ1) is 19.4. The van der Waals surface area contributed by atoms with Gasteiger partial charge in [-0.3, -0.25) is 9.59 Å². The van der Waals surface area contributed by atoms with E-state index in [0.717, 1.165) is 15.4 Å². The van der Waals surface area contributed by atoms with Crippen LogP contribution in [0.2, 0.25) is 10.0 Å². The Morgan fingerprint density at radius 3 is 2.37 bits per heavy atom. The molecule has 1 aliphatic heterocycles. The van der Waals surface area contributed by atoms with Crippen molar-refractivity contribution in [3.05, 3.63) is 97.4 Å². The van der Waals surface area contributed by atoms with E-state index in [1.807, 2.05) is 29.0 Å². The molecule has 14 heteroatoms. The van der Waals surface area contributed by atoms with Crippen LogP contribution in [-0.4, -0.2) is 63.3 Å². The number of hydrogen-bond acceptors (Lipinski definition) is 7. The van der Waals surface area contributed by atoms with E-state index in [1.165, 1.54) is 22.8 Å². The molecule has 4 rings (SSSR count). The second kappa shape index (κ2) is 12.8. The number of ether oxygens (including phenoxy) is 1. The van der Waals surface area contributed by atoms with Crippen molar-refractivity contribution in [3.8, 4) is 5.75 Å². The number of carbonyl (C=O) groups excluding carboxylic acids is 1. The molecule has 0 unspecified atom stereocenters. The van der Waals surface area contributed by atoms with Gasteiger partial charge in [-0.15, -0.1) is 0 Å². The van der Waals surface area contributed by atoms with E-state index in [0.29, 0.717) is 22.9 Å². The lowest BCUT2D eigenvalue weighted by Crippen LogP contribution is -2.49. The second-order valence-corrected chi connectivity index (χ2v) is 14.0. The Morgan fingerprint density at radius 1 is 1.02 bits per heavy atom. The Balaban J connectivity index is 1.46. The van der Waals surface area contributed by atoms with Crippen LogP contribution in [0.1, 0.15) is 27.2 Å². The molecule has 0 saturated carbocycles. The summed E-state index contributed by atoms with van der Waals surface area (Å²) in [5.41, 5.74) is 1.78. The molecule has 41 heavy (non-hydrogen) atoms. The Bertz CT molecular complexity index is 1740. The van der Waals surface area contributed by atoms with Crippen LogP contribution in [0.25, 0.3) is 12.2 Å². The lowest BCUT2D eigenvalue weighted by atomic mass is 10.1. The quantitative estimate of drug-likeness (QED) is 0.380. The number of sulfone groups is 1. The molecule has 1 aromatic heterocycles. The average molecular weight is 641 g/mol. The number of methoxy groups -OCH3 is 1. The lowest BCUT2D eigenvalue weighted by molar-refractivity contribution is 0.0979. The zero-order chi connectivity index (χ0) is 29.8. The van der Waals surface area contributed by atoms with Crippen molar-refractivity contribution in [2.75, 3.05) is 31.7 Å². The summed E-state index contributed by atoms with van der Waals surface area (Å²) in [6.07, 6.45) is 3.91. The number of nitrogens with one attached hydrogen (secondary N) is 1. The van der Waals surface area contributed by atoms with Crippen molar-refractivity contribution in [1.82, 2.24) is 13.6 Å². The number of benzene rings is 2. The molecule has 2 aromatic carbocycles. The first kappa shape index (κ1) is 30.8. The van der Waals surface area contributed by atoms with Crippen LogP contribution in [0.5, 0.6) is 5.75 Å². The zero-order valence-electron chi connectivity index (χ0n) is 21.9. The molecule has 0 bridgehead atoms. The largest absolute Gasteiger partial charge is 0.497 e. The minimum absolute atomic E-state index is 0.0203. The van der Waals surface area contributed by atoms with Crippen LogP contribution < -0.4 is 15.0 Å². The maximum Gasteiger partial charge on any atom is 0.304 e. The van der Waals surface area contributed by atoms with Crippen molar-refractivity contribution in [1.29, 1.82) is 0 Å². The summed E-state index contributed by atoms with van der Waals surface area (Å²) in [6, 6.07) is 15.0. The monoisotopic (exact) mass is 639 g/mol. The number of amides is 1. The molecule has 0 radical (unpaired) electrons. The fraction of sp³-hybridized carbons (Fsp3) is 0.259. The van der Waals surface area contributed by atoms with E-state index in [-0.39, 0.29) is 41.7 Å². The van der Waals surface area contributed by atoms with Crippen LogP contribution >= 0.6 is 23.2 Å². The summed E-state index contributed by atoms with van der Waals surface area (Å²) in [5, 5.41) is 0.279. The number of aryl methyl sites for hydroxylation is 1. The van der Waals surface area contributed by atoms with Crippen molar-refractivity contribution >= 4 is 61.3 Å². The van der Waals surface area contributed by atoms with Gasteiger partial charge in [0.15, 0.2) is 9.84 Å². The van der Waals surface area contributed by atoms with Gasteiger partial charge in [0.2, 0.25) is 0 Å². The Hall–Kier alpha value is -3.16. The van der Waals surface area contributed by atoms with Gasteiger partial charge in [-0.2, -0.15) is 12.7 Å². The third kappa shape index (κ3) is 7.77. The van der Waals surface area contributed by atoms with Crippen LogP contribution in [0.4, 0.5) is 0 Å². The number of halogens is 2. The third-order valence-corrected chi connectivity index (χ3v) is 10.1. The van der Waals surface area contributed by atoms with Gasteiger partial charge >= 0.3 is 10.2 Å². The highest BCUT2D eigenvalue weighted by Crippen LogP contribution is 2.22. The standard InChI is InChI=1S/C27H27Cl2N3O7S2/c1-39-22-4-2-3-20(17-22)7-10-25-23(28)18-24(29)27(34)32(25)12-11-19-5-8-21(9-6-19)26(33)30-41(37,38)31-13-15-40(35,36)16-14-31/h2-10,17-18H,11-16H2,1H3,(H,30,33)/b10-7+. The molecule has 1 aliphatic rings. The second-order valence-electron chi connectivity index (χ2n) is 9.23. The first-order valence-electron chi connectivity index (χ1n) is 12.4. The molecule has 218 valence electrons. The summed E-state index contributed by atoms with van der Waals surface area (Å²) in [4.78, 5) is 25.5. The number of aromatic nitrogens is 1. The molecule has 1 saturated heterocycles. The van der Waals surface area contributed by atoms with E-state index >= 15 is 0 Å². The number of rotatable bonds is 9. The van der Waals surface area contributed by atoms with E-state index < -0.39 is 31.5 Å². The predicted octanol–water partition coefficient (Wildman–Crippen LogP) is 3.28. The Morgan fingerprint density at radius 2 is 1.71 bits per heavy atom. The zero-order valence-corrected chi connectivity index (χ0v) is 25.1. The van der Waals surface area contributed by atoms with Gasteiger partial charge in [0.1, 0.15) is 10.8 Å². The summed E-state index contributed by atoms with van der Waals surface area (Å²) in [7, 11) is -5.90. The first-order valence-corrected chi connectivity index (χ1v) is 16.4. The van der Waals surface area contributed by atoms with Gasteiger partial charge in [0, 0.05) is 25.2 Å². The molecular formula is C27H27Cl2N3O7S2. The highest BCUT2D eigenvalue weighted by molar-refractivity contribution is 7.92. The van der Waals surface area contributed by atoms with Gasteiger partial charge in [-0.1, -0.05) is 53.5 Å². The van der Waals surface area contributed by atoms with Crippen LogP contribution in [0.3, 0.4) is 0 Å². The number of nitrogens with zero attached hydrogens (tertiary/aromatic N) is 2. The lowest BCUT2D eigenvalue weighted by Gasteiger charge is -2.25. The maximum absolute atomic E-state index is 12.9. The minimum atomic E-state index is -4.19. The average Bonchev–Trinajstić information content (AvgIpc) is 2.93. The number of hydrogen-bond donors (Lipinski definition) is 1. The van der Waals surface area contributed by atoms with E-state index in [2.05, 4.69) is 0 Å². The molecule has 3 aromatic rings. The molecular weight excluding hydrogens is 613 g/mol. The molecule has 1 fully saturated rings. The van der Waals surface area contributed by atoms with Crippen molar-refractivity contribution in [2.45, 2.75) is 13.0 Å². The predicted molar refractivity (Wildman–Crippen MR) is 159 cm³/mol. The van der Waals surface area contributed by atoms with E-state index in [4.69, 9.17) is 27.9 Å². The number of carbonyl (C=O) groups is 1. The van der Waals surface area contributed by atoms with Gasteiger partial charge in [-0.25, -0.2) is 13.1 Å². The molecule has 0 atom stereocenters. The molecule has 0 spiro atoms. The SMILES string of the molecule is COc1cccc(/C=C/c2c(Cl)cc(Cl)c(=O)n2CCc2ccc(C(=O)NS(=O)(=O)N3CCS(=O)(=O)CC3)cc2)c1. The molecule has 10 nitrogen and oxygen atoms in total. The summed E-state index contributed by atoms with van der Waals surface area (Å²) in [5.74, 6) is -0.747. The maximum atomic E-state index is 12.9. The van der Waals surface area contributed by atoms with Crippen molar-refractivity contribution < 1.29 is 26.4 Å². The minimum Gasteiger partial charge on any atom is -0.497 e. The Kier molecular flexibility index (Phi) is 9.60. The summed E-state index contributed by atoms with van der Waals surface area (Å²) in [6.45, 7) is -0.199. The normalized spacial score (nSPS) is 15.6. The topological polar surface area (TPSA) is 132 Å². The summed E-state index contributed by atoms with van der Waals surface area (Å²) >= 11 is 12.6. The molecule has 1 N–H and O–H groups in total. The van der Waals surface area contributed by atoms with Crippen molar-refractivity contribution in [3.63, 3.8) is 0 Å². The highest BCUT2D eigenvalue weighted by atomic mass is 35.5. The fourth-order valence-electron chi connectivity index (χ4n) is 4.17. The smallest absolute Gasteiger partial charge is 0.304 e. The fourth-order valence-corrected chi connectivity index (χ4v) is 7.28. The highest BCUT2D eigenvalue weighted by Gasteiger charge is 2.31. The summed E-state index contributed by atoms with van der Waals surface area (Å²) < 4.78 is 57.9. The molecule has 1 amide bonds. The van der Waals surface area contributed by atoms with Crippen LogP contribution in [0, 0.1) is 0 Å². The van der Waals surface area contributed by atoms with Gasteiger partial charge in [0.05, 0.1) is 29.3 Å². The van der Waals surface area contributed by atoms with Crippen LogP contribution in [-0.2, 0) is 33.0 Å². The van der Waals surface area contributed by atoms with Crippen LogP contribution in [0.15, 0.2) is 59.4 Å². The third-order valence-electron chi connectivity index (χ3n) is 6.47. The molecule has 2 heterocycles. The molecule has 0 aliphatic carbocycles. The Labute approximate surface area is 248 Å².